The predicted octanol–water partition coefficient (Wildman–Crippen LogP) is 3.43. The first-order chi connectivity index (χ1) is 12.5. The molecule has 1 saturated heterocycles. The average molecular weight is 375 g/mol. The number of hydrogen-bond donors (Lipinski definition) is 0. The lowest BCUT2D eigenvalue weighted by molar-refractivity contribution is 0.0702. The van der Waals surface area contributed by atoms with Crippen LogP contribution in [0.1, 0.15) is 40.5 Å². The number of benzene rings is 1. The Labute approximate surface area is 160 Å². The molecule has 1 fully saturated rings. The van der Waals surface area contributed by atoms with Crippen molar-refractivity contribution < 1.29 is 4.79 Å². The van der Waals surface area contributed by atoms with E-state index in [2.05, 4.69) is 28.5 Å². The summed E-state index contributed by atoms with van der Waals surface area (Å²) in [4.78, 5) is 21.7. The number of aromatic nitrogens is 2. The van der Waals surface area contributed by atoms with E-state index < -0.39 is 0 Å². The Morgan fingerprint density at radius 3 is 2.96 bits per heavy atom. The molecular formula is C20H27ClN4O. The standard InChI is InChI=1S/C20H27ClN4O/c1-15-17(7-4-8-18(15)21)20(26)25-10-5-6-16(14-25)19-22-9-11-24(19)13-12-23(2)3/h4,7-9,11,16H,5-6,10,12-14H2,1-3H3. The van der Waals surface area contributed by atoms with Crippen molar-refractivity contribution in [3.63, 3.8) is 0 Å². The smallest absolute Gasteiger partial charge is 0.254 e. The van der Waals surface area contributed by atoms with E-state index in [4.69, 9.17) is 11.6 Å². The maximum Gasteiger partial charge on any atom is 0.254 e. The van der Waals surface area contributed by atoms with E-state index in [9.17, 15) is 4.79 Å². The number of rotatable bonds is 5. The van der Waals surface area contributed by atoms with Gasteiger partial charge in [0.15, 0.2) is 0 Å². The third-order valence-electron chi connectivity index (χ3n) is 5.11. The summed E-state index contributed by atoms with van der Waals surface area (Å²) in [6.07, 6.45) is 5.97. The first kappa shape index (κ1) is 18.9. The Bertz CT molecular complexity index is 771. The SMILES string of the molecule is Cc1c(Cl)cccc1C(=O)N1CCCC(c2nccn2CCN(C)C)C1. The van der Waals surface area contributed by atoms with Crippen molar-refractivity contribution in [1.82, 2.24) is 19.4 Å². The summed E-state index contributed by atoms with van der Waals surface area (Å²) in [5, 5.41) is 0.642. The highest BCUT2D eigenvalue weighted by Gasteiger charge is 2.28. The Balaban J connectivity index is 1.75. The Hall–Kier alpha value is -1.85. The van der Waals surface area contributed by atoms with Gasteiger partial charge in [0, 0.05) is 55.1 Å². The molecule has 0 radical (unpaired) electrons. The monoisotopic (exact) mass is 374 g/mol. The number of amides is 1. The lowest BCUT2D eigenvalue weighted by Gasteiger charge is -2.33. The molecule has 0 aliphatic carbocycles. The van der Waals surface area contributed by atoms with E-state index >= 15 is 0 Å². The minimum atomic E-state index is 0.0705. The summed E-state index contributed by atoms with van der Waals surface area (Å²) < 4.78 is 2.23. The van der Waals surface area contributed by atoms with Gasteiger partial charge in [0.25, 0.3) is 5.91 Å². The number of carbonyl (C=O) groups is 1. The van der Waals surface area contributed by atoms with Crippen LogP contribution in [0.5, 0.6) is 0 Å². The van der Waals surface area contributed by atoms with Crippen molar-refractivity contribution in [3.05, 3.63) is 52.6 Å². The number of likely N-dealkylation sites (tertiary alicyclic amines) is 1. The van der Waals surface area contributed by atoms with Gasteiger partial charge in [-0.1, -0.05) is 17.7 Å². The van der Waals surface area contributed by atoms with Crippen molar-refractivity contribution in [2.24, 2.45) is 0 Å². The molecule has 1 aliphatic heterocycles. The quantitative estimate of drug-likeness (QED) is 0.805. The Morgan fingerprint density at radius 2 is 2.19 bits per heavy atom. The van der Waals surface area contributed by atoms with E-state index in [1.807, 2.05) is 42.4 Å². The molecule has 140 valence electrons. The molecule has 0 N–H and O–H groups in total. The highest BCUT2D eigenvalue weighted by atomic mass is 35.5. The van der Waals surface area contributed by atoms with Gasteiger partial charge in [-0.25, -0.2) is 4.98 Å². The maximum atomic E-state index is 13.0. The lowest BCUT2D eigenvalue weighted by Crippen LogP contribution is -2.40. The molecular weight excluding hydrogens is 348 g/mol. The average Bonchev–Trinajstić information content (AvgIpc) is 3.10. The molecule has 6 heteroatoms. The molecule has 0 spiro atoms. The largest absolute Gasteiger partial charge is 0.338 e. The van der Waals surface area contributed by atoms with Crippen LogP contribution in [0.25, 0.3) is 0 Å². The van der Waals surface area contributed by atoms with Gasteiger partial charge >= 0.3 is 0 Å². The zero-order valence-electron chi connectivity index (χ0n) is 15.8. The van der Waals surface area contributed by atoms with Crippen LogP contribution >= 0.6 is 11.6 Å². The zero-order valence-corrected chi connectivity index (χ0v) is 16.5. The Morgan fingerprint density at radius 1 is 1.38 bits per heavy atom. The molecule has 1 aliphatic rings. The normalized spacial score (nSPS) is 17.7. The minimum absolute atomic E-state index is 0.0705. The molecule has 1 amide bonds. The number of nitrogens with zero attached hydrogens (tertiary/aromatic N) is 4. The molecule has 1 aromatic carbocycles. The zero-order chi connectivity index (χ0) is 18.7. The molecule has 3 rings (SSSR count). The van der Waals surface area contributed by atoms with Crippen LogP contribution in [0.2, 0.25) is 5.02 Å². The van der Waals surface area contributed by atoms with Gasteiger partial charge < -0.3 is 14.4 Å². The molecule has 5 nitrogen and oxygen atoms in total. The topological polar surface area (TPSA) is 41.4 Å². The highest BCUT2D eigenvalue weighted by Crippen LogP contribution is 2.28. The first-order valence-electron chi connectivity index (χ1n) is 9.17. The van der Waals surface area contributed by atoms with Crippen molar-refractivity contribution in [2.75, 3.05) is 33.7 Å². The van der Waals surface area contributed by atoms with Gasteiger partial charge in [-0.05, 0) is 51.6 Å². The van der Waals surface area contributed by atoms with E-state index in [0.29, 0.717) is 17.1 Å². The van der Waals surface area contributed by atoms with E-state index in [1.54, 1.807) is 0 Å². The van der Waals surface area contributed by atoms with Gasteiger partial charge in [0.05, 0.1) is 0 Å². The molecule has 1 unspecified atom stereocenters. The molecule has 2 aromatic rings. The van der Waals surface area contributed by atoms with Crippen LogP contribution in [-0.4, -0.2) is 59.0 Å². The number of hydrogen-bond acceptors (Lipinski definition) is 3. The van der Waals surface area contributed by atoms with E-state index in [-0.39, 0.29) is 11.8 Å². The van der Waals surface area contributed by atoms with Crippen molar-refractivity contribution >= 4 is 17.5 Å². The number of likely N-dealkylation sites (N-methyl/N-ethyl adjacent to an activating group) is 1. The molecule has 1 aromatic heterocycles. The van der Waals surface area contributed by atoms with Crippen molar-refractivity contribution in [1.29, 1.82) is 0 Å². The van der Waals surface area contributed by atoms with Crippen molar-refractivity contribution in [3.8, 4) is 0 Å². The summed E-state index contributed by atoms with van der Waals surface area (Å²) in [7, 11) is 4.15. The van der Waals surface area contributed by atoms with Crippen LogP contribution in [0.15, 0.2) is 30.6 Å². The second-order valence-electron chi connectivity index (χ2n) is 7.28. The van der Waals surface area contributed by atoms with Gasteiger partial charge in [-0.15, -0.1) is 0 Å². The maximum absolute atomic E-state index is 13.0. The summed E-state index contributed by atoms with van der Waals surface area (Å²) in [5.74, 6) is 1.44. The number of piperidine rings is 1. The molecule has 26 heavy (non-hydrogen) atoms. The fourth-order valence-electron chi connectivity index (χ4n) is 3.56. The number of imidazole rings is 1. The molecule has 0 saturated carbocycles. The summed E-state index contributed by atoms with van der Waals surface area (Å²) >= 11 is 6.20. The van der Waals surface area contributed by atoms with Crippen LogP contribution < -0.4 is 0 Å². The van der Waals surface area contributed by atoms with Gasteiger partial charge in [-0.3, -0.25) is 4.79 Å². The third kappa shape index (κ3) is 4.10. The van der Waals surface area contributed by atoms with Crippen LogP contribution in [0.4, 0.5) is 0 Å². The van der Waals surface area contributed by atoms with Gasteiger partial charge in [-0.2, -0.15) is 0 Å². The second kappa shape index (κ2) is 8.23. The molecule has 1 atom stereocenters. The van der Waals surface area contributed by atoms with Gasteiger partial charge in [0.2, 0.25) is 0 Å². The van der Waals surface area contributed by atoms with Crippen LogP contribution in [-0.2, 0) is 6.54 Å². The number of halogens is 1. The lowest BCUT2D eigenvalue weighted by atomic mass is 9.96. The van der Waals surface area contributed by atoms with Crippen molar-refractivity contribution in [2.45, 2.75) is 32.2 Å². The summed E-state index contributed by atoms with van der Waals surface area (Å²) in [5.41, 5.74) is 1.56. The van der Waals surface area contributed by atoms with Crippen LogP contribution in [0.3, 0.4) is 0 Å². The predicted molar refractivity (Wildman–Crippen MR) is 105 cm³/mol. The first-order valence-corrected chi connectivity index (χ1v) is 9.55. The fourth-order valence-corrected chi connectivity index (χ4v) is 3.73. The minimum Gasteiger partial charge on any atom is -0.338 e. The van der Waals surface area contributed by atoms with Gasteiger partial charge in [0.1, 0.15) is 5.82 Å². The van der Waals surface area contributed by atoms with Crippen LogP contribution in [0, 0.1) is 6.92 Å². The van der Waals surface area contributed by atoms with E-state index in [0.717, 1.165) is 43.9 Å². The fraction of sp³-hybridized carbons (Fsp3) is 0.500. The number of carbonyl (C=O) groups excluding carboxylic acids is 1. The molecule has 0 bridgehead atoms. The highest BCUT2D eigenvalue weighted by molar-refractivity contribution is 6.31. The summed E-state index contributed by atoms with van der Waals surface area (Å²) in [6, 6.07) is 5.54. The molecule has 2 heterocycles. The third-order valence-corrected chi connectivity index (χ3v) is 5.52. The Kier molecular flexibility index (Phi) is 5.99. The second-order valence-corrected chi connectivity index (χ2v) is 7.69. The summed E-state index contributed by atoms with van der Waals surface area (Å²) in [6.45, 7) is 5.30. The van der Waals surface area contributed by atoms with E-state index in [1.165, 1.54) is 0 Å².